The predicted molar refractivity (Wildman–Crippen MR) is 43.6 cm³/mol. The summed E-state index contributed by atoms with van der Waals surface area (Å²) in [5.74, 6) is 0.0243. The summed E-state index contributed by atoms with van der Waals surface area (Å²) in [6, 6.07) is -0.305. The van der Waals surface area contributed by atoms with Crippen molar-refractivity contribution >= 4 is 17.7 Å². The minimum Gasteiger partial charge on any atom is -0.480 e. The quantitative estimate of drug-likeness (QED) is 0.611. The van der Waals surface area contributed by atoms with Crippen molar-refractivity contribution in [2.24, 2.45) is 0 Å². The molecule has 0 unspecified atom stereocenters. The molecule has 1 heterocycles. The van der Waals surface area contributed by atoms with Crippen molar-refractivity contribution in [3.8, 4) is 0 Å². The Morgan fingerprint density at radius 2 is 2.36 bits per heavy atom. The Hall–Kier alpha value is -0.220. The van der Waals surface area contributed by atoms with E-state index in [0.717, 1.165) is 18.6 Å². The molecule has 0 aromatic heterocycles. The lowest BCUT2D eigenvalue weighted by Crippen LogP contribution is -2.49. The molecule has 1 saturated heterocycles. The first-order chi connectivity index (χ1) is 5.22. The van der Waals surface area contributed by atoms with Gasteiger partial charge in [-0.25, -0.2) is 0 Å². The minimum atomic E-state index is -0.707. The van der Waals surface area contributed by atoms with E-state index in [1.54, 1.807) is 11.8 Å². The molecule has 0 radical (unpaired) electrons. The number of thioether (sulfide) groups is 1. The second kappa shape index (κ2) is 2.38. The number of nitrogens with one attached hydrogen (secondary N) is 1. The van der Waals surface area contributed by atoms with Crippen molar-refractivity contribution in [1.29, 1.82) is 0 Å². The summed E-state index contributed by atoms with van der Waals surface area (Å²) in [5.41, 5.74) is 0. The van der Waals surface area contributed by atoms with E-state index in [1.807, 2.05) is 0 Å². The van der Waals surface area contributed by atoms with Gasteiger partial charge in [-0.3, -0.25) is 10.1 Å². The van der Waals surface area contributed by atoms with Crippen molar-refractivity contribution in [3.63, 3.8) is 0 Å². The van der Waals surface area contributed by atoms with E-state index >= 15 is 0 Å². The van der Waals surface area contributed by atoms with Crippen LogP contribution in [0.5, 0.6) is 0 Å². The van der Waals surface area contributed by atoms with Crippen molar-refractivity contribution in [2.45, 2.75) is 30.2 Å². The smallest absolute Gasteiger partial charge is 0.321 e. The summed E-state index contributed by atoms with van der Waals surface area (Å²) in [6.45, 7) is 0. The Morgan fingerprint density at radius 3 is 2.64 bits per heavy atom. The maximum atomic E-state index is 10.6. The van der Waals surface area contributed by atoms with E-state index in [1.165, 1.54) is 6.42 Å². The maximum absolute atomic E-state index is 10.6. The van der Waals surface area contributed by atoms with Crippen LogP contribution in [0.1, 0.15) is 19.3 Å². The number of aliphatic carboxylic acids is 1. The zero-order chi connectivity index (χ0) is 7.90. The fourth-order valence-corrected chi connectivity index (χ4v) is 3.08. The highest BCUT2D eigenvalue weighted by Gasteiger charge is 2.45. The topological polar surface area (TPSA) is 49.3 Å². The molecular formula is C7H11NO2S. The van der Waals surface area contributed by atoms with E-state index in [2.05, 4.69) is 5.32 Å². The van der Waals surface area contributed by atoms with Gasteiger partial charge in [-0.2, -0.15) is 0 Å². The van der Waals surface area contributed by atoms with Crippen molar-refractivity contribution in [2.75, 3.05) is 5.75 Å². The highest BCUT2D eigenvalue weighted by molar-refractivity contribution is 8.01. The molecule has 1 spiro atoms. The Morgan fingerprint density at radius 1 is 1.64 bits per heavy atom. The Balaban J connectivity index is 1.98. The van der Waals surface area contributed by atoms with Gasteiger partial charge in [-0.1, -0.05) is 0 Å². The van der Waals surface area contributed by atoms with Gasteiger partial charge in [-0.15, -0.1) is 11.8 Å². The number of carboxylic acids is 1. The molecule has 4 heteroatoms. The molecule has 2 aliphatic rings. The molecule has 11 heavy (non-hydrogen) atoms. The van der Waals surface area contributed by atoms with Crippen LogP contribution in [0.3, 0.4) is 0 Å². The molecule has 2 rings (SSSR count). The lowest BCUT2D eigenvalue weighted by molar-refractivity contribution is -0.139. The number of carboxylic acid groups (broad SMARTS) is 1. The monoisotopic (exact) mass is 173 g/mol. The SMILES string of the molecule is O=C(O)[C@@H]1CSC2(CCC2)N1. The molecule has 1 aliphatic heterocycles. The van der Waals surface area contributed by atoms with E-state index < -0.39 is 5.97 Å². The average Bonchev–Trinajstić information content (AvgIpc) is 2.28. The third-order valence-corrected chi connectivity index (χ3v) is 4.00. The van der Waals surface area contributed by atoms with Crippen LogP contribution in [0.4, 0.5) is 0 Å². The number of hydrogen-bond donors (Lipinski definition) is 2. The lowest BCUT2D eigenvalue weighted by atomic mass is 9.91. The van der Waals surface area contributed by atoms with Crippen LogP contribution >= 0.6 is 11.8 Å². The van der Waals surface area contributed by atoms with Crippen molar-refractivity contribution < 1.29 is 9.90 Å². The van der Waals surface area contributed by atoms with Gasteiger partial charge in [0.1, 0.15) is 6.04 Å². The van der Waals surface area contributed by atoms with Crippen molar-refractivity contribution in [1.82, 2.24) is 5.32 Å². The molecule has 1 aliphatic carbocycles. The van der Waals surface area contributed by atoms with E-state index in [9.17, 15) is 4.79 Å². The van der Waals surface area contributed by atoms with Crippen LogP contribution in [0.15, 0.2) is 0 Å². The lowest BCUT2D eigenvalue weighted by Gasteiger charge is -2.37. The van der Waals surface area contributed by atoms with Crippen LogP contribution < -0.4 is 5.32 Å². The summed E-state index contributed by atoms with van der Waals surface area (Å²) in [7, 11) is 0. The molecule has 0 aromatic carbocycles. The first kappa shape index (κ1) is 7.43. The van der Waals surface area contributed by atoms with Gasteiger partial charge in [0.05, 0.1) is 4.87 Å². The Bertz CT molecular complexity index is 191. The van der Waals surface area contributed by atoms with Gasteiger partial charge < -0.3 is 5.11 Å². The molecule has 1 saturated carbocycles. The molecule has 2 N–H and O–H groups in total. The zero-order valence-corrected chi connectivity index (χ0v) is 6.99. The zero-order valence-electron chi connectivity index (χ0n) is 6.17. The summed E-state index contributed by atoms with van der Waals surface area (Å²) in [6.07, 6.45) is 3.52. The number of rotatable bonds is 1. The average molecular weight is 173 g/mol. The molecule has 0 amide bonds. The van der Waals surface area contributed by atoms with Gasteiger partial charge in [0.15, 0.2) is 0 Å². The Labute approximate surface area is 69.5 Å². The van der Waals surface area contributed by atoms with Gasteiger partial charge in [-0.05, 0) is 19.3 Å². The minimum absolute atomic E-state index is 0.156. The summed E-state index contributed by atoms with van der Waals surface area (Å²) in [5, 5.41) is 11.9. The van der Waals surface area contributed by atoms with Gasteiger partial charge >= 0.3 is 5.97 Å². The van der Waals surface area contributed by atoms with Gasteiger partial charge in [0, 0.05) is 5.75 Å². The highest BCUT2D eigenvalue weighted by atomic mass is 32.2. The normalized spacial score (nSPS) is 33.6. The summed E-state index contributed by atoms with van der Waals surface area (Å²) >= 11 is 1.78. The first-order valence-corrected chi connectivity index (χ1v) is 4.85. The van der Waals surface area contributed by atoms with Gasteiger partial charge in [0.2, 0.25) is 0 Å². The third kappa shape index (κ3) is 1.14. The summed E-state index contributed by atoms with van der Waals surface area (Å²) < 4.78 is 0. The van der Waals surface area contributed by atoms with Crippen LogP contribution in [0, 0.1) is 0 Å². The largest absolute Gasteiger partial charge is 0.480 e. The van der Waals surface area contributed by atoms with Crippen LogP contribution in [0.2, 0.25) is 0 Å². The number of carbonyl (C=O) groups is 1. The third-order valence-electron chi connectivity index (χ3n) is 2.42. The first-order valence-electron chi connectivity index (χ1n) is 3.86. The van der Waals surface area contributed by atoms with Gasteiger partial charge in [0.25, 0.3) is 0 Å². The molecule has 0 bridgehead atoms. The van der Waals surface area contributed by atoms with Crippen LogP contribution in [-0.4, -0.2) is 27.7 Å². The second-order valence-electron chi connectivity index (χ2n) is 3.19. The maximum Gasteiger partial charge on any atom is 0.321 e. The van der Waals surface area contributed by atoms with Crippen molar-refractivity contribution in [3.05, 3.63) is 0 Å². The molecular weight excluding hydrogens is 162 g/mol. The molecule has 2 fully saturated rings. The molecule has 3 nitrogen and oxygen atoms in total. The summed E-state index contributed by atoms with van der Waals surface area (Å²) in [4.78, 5) is 10.7. The fraction of sp³-hybridized carbons (Fsp3) is 0.857. The predicted octanol–water partition coefficient (Wildman–Crippen LogP) is 0.656. The molecule has 62 valence electrons. The van der Waals surface area contributed by atoms with E-state index in [4.69, 9.17) is 5.11 Å². The standard InChI is InChI=1S/C7H11NO2S/c9-6(10)5-4-11-7(8-5)2-1-3-7/h5,8H,1-4H2,(H,9,10)/t5-/m0/s1. The van der Waals surface area contributed by atoms with Crippen LogP contribution in [-0.2, 0) is 4.79 Å². The Kier molecular flexibility index (Phi) is 1.61. The van der Waals surface area contributed by atoms with E-state index in [0.29, 0.717) is 0 Å². The van der Waals surface area contributed by atoms with Crippen LogP contribution in [0.25, 0.3) is 0 Å². The highest BCUT2D eigenvalue weighted by Crippen LogP contribution is 2.45. The van der Waals surface area contributed by atoms with E-state index in [-0.39, 0.29) is 10.9 Å². The molecule has 1 atom stereocenters. The second-order valence-corrected chi connectivity index (χ2v) is 4.60. The number of hydrogen-bond acceptors (Lipinski definition) is 3. The fourth-order valence-electron chi connectivity index (χ4n) is 1.56. The molecule has 0 aromatic rings.